The van der Waals surface area contributed by atoms with Gasteiger partial charge in [-0.1, -0.05) is 13.8 Å². The second-order valence-corrected chi connectivity index (χ2v) is 6.88. The molecular formula is C14H20N4O3S. The molecule has 8 heteroatoms. The highest BCUT2D eigenvalue weighted by atomic mass is 32.2. The number of H-pyrrole nitrogens is 1. The van der Waals surface area contributed by atoms with E-state index >= 15 is 0 Å². The zero-order valence-corrected chi connectivity index (χ0v) is 13.5. The fraction of sp³-hybridized carbons (Fsp3) is 0.429. The molecule has 120 valence electrons. The first kappa shape index (κ1) is 16.4. The van der Waals surface area contributed by atoms with Gasteiger partial charge >= 0.3 is 0 Å². The van der Waals surface area contributed by atoms with E-state index in [0.29, 0.717) is 18.7 Å². The van der Waals surface area contributed by atoms with E-state index in [1.54, 1.807) is 38.4 Å². The van der Waals surface area contributed by atoms with Crippen LogP contribution in [0.25, 0.3) is 11.0 Å². The Morgan fingerprint density at radius 2 is 2.05 bits per heavy atom. The van der Waals surface area contributed by atoms with Gasteiger partial charge in [0, 0.05) is 25.2 Å². The maximum absolute atomic E-state index is 12.1. The summed E-state index contributed by atoms with van der Waals surface area (Å²) in [6.45, 7) is 4.53. The Balaban J connectivity index is 1.95. The lowest BCUT2D eigenvalue weighted by Gasteiger charge is -2.18. The Kier molecular flexibility index (Phi) is 5.15. The van der Waals surface area contributed by atoms with Crippen molar-refractivity contribution in [3.05, 3.63) is 30.1 Å². The highest BCUT2D eigenvalue weighted by molar-refractivity contribution is 7.89. The Morgan fingerprint density at radius 1 is 1.32 bits per heavy atom. The second kappa shape index (κ2) is 6.89. The topological polar surface area (TPSA) is 95.2 Å². The molecule has 2 rings (SSSR count). The van der Waals surface area contributed by atoms with E-state index in [9.17, 15) is 13.2 Å². The van der Waals surface area contributed by atoms with Crippen LogP contribution in [0, 0.1) is 0 Å². The standard InChI is InChI=1S/C14H20N4O3S/c1-3-18(4-2)22(20,21)8-7-15-14(19)11-5-6-12-13(9-11)17-10-16-12/h5-6,9-10H,3-4,7-8H2,1-2H3,(H,15,19)(H,16,17). The summed E-state index contributed by atoms with van der Waals surface area (Å²) in [6.07, 6.45) is 1.56. The smallest absolute Gasteiger partial charge is 0.251 e. The van der Waals surface area contributed by atoms with Crippen LogP contribution < -0.4 is 5.32 Å². The van der Waals surface area contributed by atoms with Crippen LogP contribution in [0.3, 0.4) is 0 Å². The molecule has 0 fully saturated rings. The summed E-state index contributed by atoms with van der Waals surface area (Å²) < 4.78 is 25.4. The van der Waals surface area contributed by atoms with Crippen LogP contribution in [0.4, 0.5) is 0 Å². The van der Waals surface area contributed by atoms with Gasteiger partial charge in [-0.05, 0) is 18.2 Å². The van der Waals surface area contributed by atoms with Crippen molar-refractivity contribution >= 4 is 27.0 Å². The molecule has 1 aromatic heterocycles. The molecule has 2 aromatic rings. The van der Waals surface area contributed by atoms with Crippen LogP contribution in [-0.4, -0.2) is 54.0 Å². The van der Waals surface area contributed by atoms with Gasteiger partial charge in [0.1, 0.15) is 0 Å². The first-order valence-corrected chi connectivity index (χ1v) is 8.78. The fourth-order valence-electron chi connectivity index (χ4n) is 2.22. The molecule has 0 bridgehead atoms. The minimum Gasteiger partial charge on any atom is -0.351 e. The zero-order valence-electron chi connectivity index (χ0n) is 12.7. The average molecular weight is 324 g/mol. The Morgan fingerprint density at radius 3 is 2.73 bits per heavy atom. The van der Waals surface area contributed by atoms with E-state index in [0.717, 1.165) is 11.0 Å². The van der Waals surface area contributed by atoms with E-state index < -0.39 is 10.0 Å². The van der Waals surface area contributed by atoms with Gasteiger partial charge in [0.25, 0.3) is 5.91 Å². The van der Waals surface area contributed by atoms with Gasteiger partial charge in [0.15, 0.2) is 0 Å². The van der Waals surface area contributed by atoms with Crippen molar-refractivity contribution in [2.24, 2.45) is 0 Å². The molecule has 1 aromatic carbocycles. The number of nitrogens with one attached hydrogen (secondary N) is 2. The molecule has 1 amide bonds. The van der Waals surface area contributed by atoms with Crippen molar-refractivity contribution in [2.75, 3.05) is 25.4 Å². The monoisotopic (exact) mass is 324 g/mol. The molecule has 0 saturated carbocycles. The molecule has 0 radical (unpaired) electrons. The molecule has 1 heterocycles. The van der Waals surface area contributed by atoms with Crippen LogP contribution in [0.2, 0.25) is 0 Å². The van der Waals surface area contributed by atoms with Crippen molar-refractivity contribution in [2.45, 2.75) is 13.8 Å². The second-order valence-electron chi connectivity index (χ2n) is 4.79. The quantitative estimate of drug-likeness (QED) is 0.793. The number of rotatable bonds is 7. The van der Waals surface area contributed by atoms with Crippen LogP contribution >= 0.6 is 0 Å². The summed E-state index contributed by atoms with van der Waals surface area (Å²) in [7, 11) is -3.32. The third kappa shape index (κ3) is 3.63. The summed E-state index contributed by atoms with van der Waals surface area (Å²) in [5.74, 6) is -0.404. The Bertz CT molecular complexity index is 750. The SMILES string of the molecule is CCN(CC)S(=O)(=O)CCNC(=O)c1ccc2nc[nH]c2c1. The van der Waals surface area contributed by atoms with Gasteiger partial charge in [-0.25, -0.2) is 17.7 Å². The number of sulfonamides is 1. The van der Waals surface area contributed by atoms with Crippen LogP contribution in [0.15, 0.2) is 24.5 Å². The van der Waals surface area contributed by atoms with Gasteiger partial charge in [-0.2, -0.15) is 0 Å². The van der Waals surface area contributed by atoms with Crippen molar-refractivity contribution < 1.29 is 13.2 Å². The summed E-state index contributed by atoms with van der Waals surface area (Å²) in [5.41, 5.74) is 2.01. The van der Waals surface area contributed by atoms with Crippen LogP contribution in [0.1, 0.15) is 24.2 Å². The molecule has 0 aliphatic rings. The van der Waals surface area contributed by atoms with Crippen molar-refractivity contribution in [3.8, 4) is 0 Å². The first-order valence-electron chi connectivity index (χ1n) is 7.17. The zero-order chi connectivity index (χ0) is 16.2. The van der Waals surface area contributed by atoms with Crippen LogP contribution in [0.5, 0.6) is 0 Å². The molecule has 0 atom stereocenters. The summed E-state index contributed by atoms with van der Waals surface area (Å²) in [5, 5.41) is 2.64. The highest BCUT2D eigenvalue weighted by Gasteiger charge is 2.18. The molecular weight excluding hydrogens is 304 g/mol. The minimum absolute atomic E-state index is 0.0820. The molecule has 7 nitrogen and oxygen atoms in total. The number of aromatic amines is 1. The summed E-state index contributed by atoms with van der Waals surface area (Å²) >= 11 is 0. The van der Waals surface area contributed by atoms with Crippen molar-refractivity contribution in [3.63, 3.8) is 0 Å². The third-order valence-electron chi connectivity index (χ3n) is 3.43. The molecule has 0 spiro atoms. The predicted octanol–water partition coefficient (Wildman–Crippen LogP) is 0.964. The van der Waals surface area contributed by atoms with Crippen LogP contribution in [-0.2, 0) is 10.0 Å². The molecule has 22 heavy (non-hydrogen) atoms. The fourth-order valence-corrected chi connectivity index (χ4v) is 3.62. The maximum Gasteiger partial charge on any atom is 0.251 e. The third-order valence-corrected chi connectivity index (χ3v) is 5.45. The van der Waals surface area contributed by atoms with Gasteiger partial charge in [-0.15, -0.1) is 0 Å². The number of imidazole rings is 1. The van der Waals surface area contributed by atoms with E-state index in [1.165, 1.54) is 4.31 Å². The van der Waals surface area contributed by atoms with Crippen molar-refractivity contribution in [1.29, 1.82) is 0 Å². The number of fused-ring (bicyclic) bond motifs is 1. The lowest BCUT2D eigenvalue weighted by molar-refractivity contribution is 0.0956. The molecule has 0 saturated heterocycles. The van der Waals surface area contributed by atoms with Crippen molar-refractivity contribution in [1.82, 2.24) is 19.6 Å². The molecule has 0 unspecified atom stereocenters. The summed E-state index contributed by atoms with van der Waals surface area (Å²) in [6, 6.07) is 5.10. The maximum atomic E-state index is 12.1. The number of amides is 1. The van der Waals surface area contributed by atoms with Gasteiger partial charge in [0.05, 0.1) is 23.1 Å². The average Bonchev–Trinajstić information content (AvgIpc) is 2.95. The molecule has 2 N–H and O–H groups in total. The lowest BCUT2D eigenvalue weighted by atomic mass is 10.2. The number of benzene rings is 1. The first-order chi connectivity index (χ1) is 10.5. The highest BCUT2D eigenvalue weighted by Crippen LogP contribution is 2.11. The number of aromatic nitrogens is 2. The largest absolute Gasteiger partial charge is 0.351 e. The Hall–Kier alpha value is -1.93. The van der Waals surface area contributed by atoms with Gasteiger partial charge in [0.2, 0.25) is 10.0 Å². The number of carbonyl (C=O) groups is 1. The Labute approximate surface area is 129 Å². The number of carbonyl (C=O) groups excluding carboxylic acids is 1. The number of hydrogen-bond donors (Lipinski definition) is 2. The molecule has 0 aliphatic heterocycles. The van der Waals surface area contributed by atoms with E-state index in [1.807, 2.05) is 0 Å². The van der Waals surface area contributed by atoms with E-state index in [-0.39, 0.29) is 18.2 Å². The van der Waals surface area contributed by atoms with Gasteiger partial charge < -0.3 is 10.3 Å². The summed E-state index contributed by atoms with van der Waals surface area (Å²) in [4.78, 5) is 19.1. The number of nitrogens with zero attached hydrogens (tertiary/aromatic N) is 2. The predicted molar refractivity (Wildman–Crippen MR) is 85.1 cm³/mol. The molecule has 0 aliphatic carbocycles. The lowest BCUT2D eigenvalue weighted by Crippen LogP contribution is -2.37. The minimum atomic E-state index is -3.32. The number of hydrogen-bond acceptors (Lipinski definition) is 4. The van der Waals surface area contributed by atoms with E-state index in [2.05, 4.69) is 15.3 Å². The van der Waals surface area contributed by atoms with E-state index in [4.69, 9.17) is 0 Å². The van der Waals surface area contributed by atoms with Gasteiger partial charge in [-0.3, -0.25) is 4.79 Å². The normalized spacial score (nSPS) is 12.0.